The van der Waals surface area contributed by atoms with Crippen LogP contribution in [0.1, 0.15) is 46.4 Å². The van der Waals surface area contributed by atoms with Crippen LogP contribution >= 0.6 is 0 Å². The van der Waals surface area contributed by atoms with Crippen LogP contribution in [0.2, 0.25) is 0 Å². The van der Waals surface area contributed by atoms with Crippen LogP contribution in [0, 0.1) is 50.3 Å². The molecule has 2 aromatic carbocycles. The molecular formula is C22H24F4O4Ti. The van der Waals surface area contributed by atoms with Gasteiger partial charge in [0.25, 0.3) is 0 Å². The van der Waals surface area contributed by atoms with Gasteiger partial charge in [0.2, 0.25) is 0 Å². The second-order valence-corrected chi connectivity index (χ2v) is 5.57. The Morgan fingerprint density at radius 3 is 1.29 bits per heavy atom. The molecule has 0 aromatic heterocycles. The fraction of sp³-hybridized carbons (Fsp3) is 0.273. The fourth-order valence-corrected chi connectivity index (χ4v) is 2.07. The van der Waals surface area contributed by atoms with E-state index in [-0.39, 0.29) is 86.6 Å². The van der Waals surface area contributed by atoms with Crippen LogP contribution in [0.4, 0.5) is 17.6 Å². The monoisotopic (exact) mass is 476 g/mol. The molecule has 0 spiro atoms. The van der Waals surface area contributed by atoms with Crippen molar-refractivity contribution in [2.24, 2.45) is 0 Å². The molecule has 2 N–H and O–H groups in total. The van der Waals surface area contributed by atoms with Gasteiger partial charge < -0.3 is 34.7 Å². The first kappa shape index (κ1) is 33.8. The number of hydrogen-bond acceptors (Lipinski definition) is 4. The molecule has 2 aromatic rings. The molecule has 9 heteroatoms. The van der Waals surface area contributed by atoms with Gasteiger partial charge in [-0.25, -0.2) is 17.6 Å². The van der Waals surface area contributed by atoms with Crippen molar-refractivity contribution in [3.63, 3.8) is 0 Å². The fourth-order valence-electron chi connectivity index (χ4n) is 2.07. The maximum Gasteiger partial charge on any atom is 4.00 e. The van der Waals surface area contributed by atoms with Crippen LogP contribution in [0.15, 0.2) is 24.3 Å². The maximum absolute atomic E-state index is 12.9. The average molecular weight is 476 g/mol. The first-order valence-electron chi connectivity index (χ1n) is 8.33. The minimum Gasteiger partial charge on any atom is -0.396 e. The van der Waals surface area contributed by atoms with Gasteiger partial charge in [-0.3, -0.25) is 0 Å². The van der Waals surface area contributed by atoms with E-state index in [1.165, 1.54) is 0 Å². The van der Waals surface area contributed by atoms with Gasteiger partial charge in [0.15, 0.2) is 0 Å². The van der Waals surface area contributed by atoms with Crippen molar-refractivity contribution in [3.05, 3.63) is 85.6 Å². The Balaban J connectivity index is -0.000000461. The van der Waals surface area contributed by atoms with E-state index in [2.05, 4.69) is 0 Å². The molecule has 0 unspecified atom stereocenters. The molecular weight excluding hydrogens is 452 g/mol. The van der Waals surface area contributed by atoms with Crippen LogP contribution in [-0.2, 0) is 21.7 Å². The van der Waals surface area contributed by atoms with Crippen LogP contribution < -0.4 is 0 Å². The third-order valence-electron chi connectivity index (χ3n) is 3.45. The van der Waals surface area contributed by atoms with Gasteiger partial charge in [-0.15, -0.1) is 24.3 Å². The summed E-state index contributed by atoms with van der Waals surface area (Å²) in [5, 5.41) is 16.9. The molecule has 0 saturated heterocycles. The van der Waals surface area contributed by atoms with Crippen molar-refractivity contribution >= 4 is 11.6 Å². The summed E-state index contributed by atoms with van der Waals surface area (Å²) in [6, 6.07) is 7.69. The molecule has 0 aliphatic rings. The summed E-state index contributed by atoms with van der Waals surface area (Å²) in [6.45, 7) is -0.253. The summed E-state index contributed by atoms with van der Waals surface area (Å²) < 4.78 is 50.7. The number of rotatable bonds is 8. The zero-order valence-electron chi connectivity index (χ0n) is 17.3. The van der Waals surface area contributed by atoms with Gasteiger partial charge in [0.05, 0.1) is 0 Å². The molecule has 4 nitrogen and oxygen atoms in total. The standard InChI is InChI=1S/2C10H9F2O2.2CH3.Ti/c2*11-7-3-4-8(9(12)6-7)10(14)2-1-5-13;;;/h2*3-4,13H,1-2,5H2;2*1H3;/q4*-1;+4. The summed E-state index contributed by atoms with van der Waals surface area (Å²) in [5.41, 5.74) is -0.361. The Morgan fingerprint density at radius 1 is 0.710 bits per heavy atom. The molecule has 0 radical (unpaired) electrons. The molecule has 0 fully saturated rings. The topological polar surface area (TPSA) is 74.6 Å². The minimum absolute atomic E-state index is 0. The van der Waals surface area contributed by atoms with Crippen LogP contribution in [-0.4, -0.2) is 35.0 Å². The second kappa shape index (κ2) is 17.8. The van der Waals surface area contributed by atoms with E-state index >= 15 is 0 Å². The van der Waals surface area contributed by atoms with Gasteiger partial charge in [0.1, 0.15) is 11.6 Å². The molecule has 31 heavy (non-hydrogen) atoms. The minimum atomic E-state index is -0.979. The molecule has 0 heterocycles. The zero-order chi connectivity index (χ0) is 21.1. The molecule has 168 valence electrons. The average Bonchev–Trinajstić information content (AvgIpc) is 2.64. The Kier molecular flexibility index (Phi) is 19.4. The van der Waals surface area contributed by atoms with E-state index in [4.69, 9.17) is 10.2 Å². The summed E-state index contributed by atoms with van der Waals surface area (Å²) in [4.78, 5) is 22.5. The normalized spacial score (nSPS) is 9.23. The molecule has 0 bridgehead atoms. The predicted molar refractivity (Wildman–Crippen MR) is 105 cm³/mol. The van der Waals surface area contributed by atoms with E-state index in [1.54, 1.807) is 12.1 Å². The van der Waals surface area contributed by atoms with Crippen LogP contribution in [0.3, 0.4) is 0 Å². The third kappa shape index (κ3) is 11.9. The number of hydrogen-bond donors (Lipinski definition) is 2. The smallest absolute Gasteiger partial charge is 0.396 e. The summed E-state index contributed by atoms with van der Waals surface area (Å²) in [6.07, 6.45) is 0.644. The number of benzene rings is 2. The van der Waals surface area contributed by atoms with E-state index < -0.39 is 34.8 Å². The molecule has 0 atom stereocenters. The van der Waals surface area contributed by atoms with Crippen molar-refractivity contribution in [1.82, 2.24) is 0 Å². The summed E-state index contributed by atoms with van der Waals surface area (Å²) in [7, 11) is 0. The maximum atomic E-state index is 12.9. The van der Waals surface area contributed by atoms with Crippen LogP contribution in [0.5, 0.6) is 0 Å². The Labute approximate surface area is 195 Å². The Hall–Kier alpha value is -1.87. The van der Waals surface area contributed by atoms with E-state index in [9.17, 15) is 27.2 Å². The first-order chi connectivity index (χ1) is 13.3. The number of aliphatic hydroxyl groups excluding tert-OH is 2. The molecule has 0 aliphatic heterocycles. The van der Waals surface area contributed by atoms with Crippen molar-refractivity contribution in [2.75, 3.05) is 13.2 Å². The van der Waals surface area contributed by atoms with Crippen LogP contribution in [0.25, 0.3) is 0 Å². The van der Waals surface area contributed by atoms with E-state index in [0.717, 1.165) is 24.3 Å². The quantitative estimate of drug-likeness (QED) is 0.257. The summed E-state index contributed by atoms with van der Waals surface area (Å²) in [5.74, 6) is -4.52. The van der Waals surface area contributed by atoms with Gasteiger partial charge >= 0.3 is 21.7 Å². The Bertz CT molecular complexity index is 749. The Morgan fingerprint density at radius 2 is 1.03 bits per heavy atom. The number of carbonyl (C=O) groups is 2. The van der Waals surface area contributed by atoms with Crippen molar-refractivity contribution < 1.29 is 59.1 Å². The largest absolute Gasteiger partial charge is 4.00 e. The second-order valence-electron chi connectivity index (χ2n) is 5.57. The van der Waals surface area contributed by atoms with Gasteiger partial charge in [-0.1, -0.05) is 11.1 Å². The number of ketones is 2. The molecule has 0 saturated carbocycles. The van der Waals surface area contributed by atoms with Crippen molar-refractivity contribution in [1.29, 1.82) is 0 Å². The van der Waals surface area contributed by atoms with Gasteiger partial charge in [-0.2, -0.15) is 12.1 Å². The third-order valence-corrected chi connectivity index (χ3v) is 3.45. The first-order valence-corrected chi connectivity index (χ1v) is 8.33. The zero-order valence-corrected chi connectivity index (χ0v) is 18.8. The van der Waals surface area contributed by atoms with E-state index in [0.29, 0.717) is 0 Å². The van der Waals surface area contributed by atoms with Crippen molar-refractivity contribution in [2.45, 2.75) is 25.7 Å². The van der Waals surface area contributed by atoms with Gasteiger partial charge in [0, 0.05) is 49.3 Å². The SMILES string of the molecule is O=C(CCCO)c1ccc(F)[c-]c1F.O=C(CCCO)c1ccc(F)[c-]c1F.[CH3-].[CH3-].[Ti+4]. The van der Waals surface area contributed by atoms with Crippen molar-refractivity contribution in [3.8, 4) is 0 Å². The number of carbonyl (C=O) groups excluding carboxylic acids is 2. The number of aliphatic hydroxyl groups is 2. The van der Waals surface area contributed by atoms with Gasteiger partial charge in [-0.05, 0) is 12.8 Å². The predicted octanol–water partition coefficient (Wildman–Crippen LogP) is 4.34. The number of Topliss-reactive ketones (excluding diaryl/α,β-unsaturated/α-hetero) is 2. The van der Waals surface area contributed by atoms with E-state index in [1.807, 2.05) is 0 Å². The molecule has 2 rings (SSSR count). The molecule has 0 amide bonds. The summed E-state index contributed by atoms with van der Waals surface area (Å²) >= 11 is 0. The molecule has 0 aliphatic carbocycles. The number of halogens is 4.